The fraction of sp³-hybridized carbons (Fsp3) is 0.406. The lowest BCUT2D eigenvalue weighted by molar-refractivity contribution is -0.253. The fourth-order valence-electron chi connectivity index (χ4n) is 5.33. The van der Waals surface area contributed by atoms with Crippen LogP contribution >= 0.6 is 0 Å². The molecule has 2 heterocycles. The number of benzene rings is 3. The molecule has 38 heavy (non-hydrogen) atoms. The second-order valence-electron chi connectivity index (χ2n) is 10.4. The Hall–Kier alpha value is -3.03. The van der Waals surface area contributed by atoms with Gasteiger partial charge in [-0.2, -0.15) is 0 Å². The number of aliphatic hydroxyl groups excluding tert-OH is 1. The van der Waals surface area contributed by atoms with Gasteiger partial charge in [-0.3, -0.25) is 4.79 Å². The van der Waals surface area contributed by atoms with Crippen molar-refractivity contribution in [3.05, 3.63) is 101 Å². The van der Waals surface area contributed by atoms with Crippen molar-refractivity contribution in [2.24, 2.45) is 0 Å². The summed E-state index contributed by atoms with van der Waals surface area (Å²) in [7, 11) is 0. The zero-order valence-electron chi connectivity index (χ0n) is 21.9. The molecule has 5 rings (SSSR count). The first-order valence-electron chi connectivity index (χ1n) is 13.9. The highest BCUT2D eigenvalue weighted by Gasteiger charge is 2.33. The van der Waals surface area contributed by atoms with Crippen LogP contribution in [0.1, 0.15) is 78.0 Å². The summed E-state index contributed by atoms with van der Waals surface area (Å²) in [6, 6.07) is 25.0. The standard InChI is InChI=1S/C32H38N2O4/c35-23-24-11-13-25(14-12-24)30-21-29(22-34-19-7-2-1-3-8-20-34)37-32(38-30)27-15-17-28(18-16-27)33-31(36)26-9-5-4-6-10-26/h4-6,9-18,29-30,32,35H,1-3,7-8,19-23H2,(H,33,36)/t29-,30+,32+/m0/s1. The summed E-state index contributed by atoms with van der Waals surface area (Å²) in [4.78, 5) is 15.1. The smallest absolute Gasteiger partial charge is 0.255 e. The van der Waals surface area contributed by atoms with Gasteiger partial charge in [0.1, 0.15) is 0 Å². The Morgan fingerprint density at radius 2 is 1.47 bits per heavy atom. The number of likely N-dealkylation sites (tertiary alicyclic amines) is 1. The number of ether oxygens (including phenoxy) is 2. The van der Waals surface area contributed by atoms with Crippen LogP contribution in [-0.2, 0) is 16.1 Å². The predicted molar refractivity (Wildman–Crippen MR) is 149 cm³/mol. The molecule has 2 saturated heterocycles. The van der Waals surface area contributed by atoms with Crippen LogP contribution in [0, 0.1) is 0 Å². The number of carbonyl (C=O) groups excluding carboxylic acids is 1. The Labute approximate surface area is 225 Å². The van der Waals surface area contributed by atoms with Crippen LogP contribution in [0.4, 0.5) is 5.69 Å². The largest absolute Gasteiger partial charge is 0.392 e. The molecule has 0 radical (unpaired) electrons. The average Bonchev–Trinajstić information content (AvgIpc) is 2.95. The summed E-state index contributed by atoms with van der Waals surface area (Å²) in [5.41, 5.74) is 4.27. The van der Waals surface area contributed by atoms with Crippen molar-refractivity contribution in [3.63, 3.8) is 0 Å². The molecule has 3 atom stereocenters. The van der Waals surface area contributed by atoms with Crippen LogP contribution in [0.3, 0.4) is 0 Å². The number of carbonyl (C=O) groups is 1. The molecule has 2 N–H and O–H groups in total. The molecule has 2 aliphatic rings. The molecule has 6 nitrogen and oxygen atoms in total. The van der Waals surface area contributed by atoms with E-state index in [9.17, 15) is 9.90 Å². The third-order valence-corrected chi connectivity index (χ3v) is 7.50. The van der Waals surface area contributed by atoms with Gasteiger partial charge in [0.25, 0.3) is 5.91 Å². The maximum Gasteiger partial charge on any atom is 0.255 e. The maximum absolute atomic E-state index is 12.5. The molecule has 0 bridgehead atoms. The summed E-state index contributed by atoms with van der Waals surface area (Å²) in [6.45, 7) is 3.17. The van der Waals surface area contributed by atoms with E-state index in [4.69, 9.17) is 9.47 Å². The molecule has 2 aliphatic heterocycles. The zero-order valence-corrected chi connectivity index (χ0v) is 21.9. The van der Waals surface area contributed by atoms with Crippen molar-refractivity contribution < 1.29 is 19.4 Å². The second-order valence-corrected chi connectivity index (χ2v) is 10.4. The summed E-state index contributed by atoms with van der Waals surface area (Å²) in [6.07, 6.45) is 6.69. The van der Waals surface area contributed by atoms with Crippen LogP contribution in [0.25, 0.3) is 0 Å². The SMILES string of the molecule is O=C(Nc1ccc([C@@H]2O[C@H](CN3CCCCCCC3)C[C@H](c3ccc(CO)cc3)O2)cc1)c1ccccc1. The lowest BCUT2D eigenvalue weighted by Gasteiger charge is -2.38. The van der Waals surface area contributed by atoms with Gasteiger partial charge in [-0.25, -0.2) is 0 Å². The molecule has 0 spiro atoms. The van der Waals surface area contributed by atoms with Crippen LogP contribution in [0.15, 0.2) is 78.9 Å². The molecular weight excluding hydrogens is 476 g/mol. The van der Waals surface area contributed by atoms with E-state index in [1.54, 1.807) is 12.1 Å². The third-order valence-electron chi connectivity index (χ3n) is 7.50. The van der Waals surface area contributed by atoms with E-state index in [0.29, 0.717) is 5.56 Å². The van der Waals surface area contributed by atoms with Crippen LogP contribution in [-0.4, -0.2) is 41.7 Å². The number of aliphatic hydroxyl groups is 1. The highest BCUT2D eigenvalue weighted by Crippen LogP contribution is 2.38. The van der Waals surface area contributed by atoms with Crippen molar-refractivity contribution >= 4 is 11.6 Å². The molecule has 0 aliphatic carbocycles. The molecule has 200 valence electrons. The van der Waals surface area contributed by atoms with Gasteiger partial charge in [-0.15, -0.1) is 0 Å². The third kappa shape index (κ3) is 7.08. The highest BCUT2D eigenvalue weighted by molar-refractivity contribution is 6.04. The molecule has 3 aromatic carbocycles. The van der Waals surface area contributed by atoms with E-state index in [2.05, 4.69) is 10.2 Å². The Bertz CT molecular complexity index is 1140. The summed E-state index contributed by atoms with van der Waals surface area (Å²) >= 11 is 0. The van der Waals surface area contributed by atoms with Gasteiger partial charge in [0, 0.05) is 29.8 Å². The van der Waals surface area contributed by atoms with Gasteiger partial charge in [-0.05, 0) is 61.3 Å². The first-order valence-corrected chi connectivity index (χ1v) is 13.9. The number of anilines is 1. The van der Waals surface area contributed by atoms with E-state index < -0.39 is 6.29 Å². The Morgan fingerprint density at radius 1 is 0.816 bits per heavy atom. The van der Waals surface area contributed by atoms with Gasteiger partial charge in [0.2, 0.25) is 0 Å². The van der Waals surface area contributed by atoms with Crippen LogP contribution < -0.4 is 5.32 Å². The number of nitrogens with zero attached hydrogens (tertiary/aromatic N) is 1. The lowest BCUT2D eigenvalue weighted by atomic mass is 9.99. The van der Waals surface area contributed by atoms with Crippen molar-refractivity contribution in [2.45, 2.75) is 63.6 Å². The van der Waals surface area contributed by atoms with E-state index in [1.165, 1.54) is 32.1 Å². The minimum absolute atomic E-state index is 0.0300. The van der Waals surface area contributed by atoms with Gasteiger partial charge in [0.15, 0.2) is 6.29 Å². The maximum atomic E-state index is 12.5. The van der Waals surface area contributed by atoms with E-state index in [0.717, 1.165) is 48.4 Å². The van der Waals surface area contributed by atoms with E-state index >= 15 is 0 Å². The molecule has 2 fully saturated rings. The van der Waals surface area contributed by atoms with Gasteiger partial charge in [0.05, 0.1) is 18.8 Å². The Balaban J connectivity index is 1.30. The normalized spacial score (nSPS) is 22.8. The van der Waals surface area contributed by atoms with Gasteiger partial charge >= 0.3 is 0 Å². The number of rotatable bonds is 7. The van der Waals surface area contributed by atoms with E-state index in [1.807, 2.05) is 66.7 Å². The average molecular weight is 515 g/mol. The number of amides is 1. The summed E-state index contributed by atoms with van der Waals surface area (Å²) in [5.74, 6) is -0.136. The summed E-state index contributed by atoms with van der Waals surface area (Å²) < 4.78 is 13.0. The number of hydrogen-bond acceptors (Lipinski definition) is 5. The number of hydrogen-bond donors (Lipinski definition) is 2. The van der Waals surface area contributed by atoms with Crippen molar-refractivity contribution in [3.8, 4) is 0 Å². The highest BCUT2D eigenvalue weighted by atomic mass is 16.7. The predicted octanol–water partition coefficient (Wildman–Crippen LogP) is 6.24. The second kappa shape index (κ2) is 13.2. The first-order chi connectivity index (χ1) is 18.7. The molecule has 3 aromatic rings. The monoisotopic (exact) mass is 514 g/mol. The Morgan fingerprint density at radius 3 is 2.16 bits per heavy atom. The molecule has 6 heteroatoms. The first kappa shape index (κ1) is 26.6. The molecular formula is C32H38N2O4. The fourth-order valence-corrected chi connectivity index (χ4v) is 5.33. The Kier molecular flexibility index (Phi) is 9.20. The zero-order chi connectivity index (χ0) is 26.2. The topological polar surface area (TPSA) is 71.0 Å². The molecule has 1 amide bonds. The minimum Gasteiger partial charge on any atom is -0.392 e. The lowest BCUT2D eigenvalue weighted by Crippen LogP contribution is -2.40. The quantitative estimate of drug-likeness (QED) is 0.390. The van der Waals surface area contributed by atoms with Gasteiger partial charge in [-0.1, -0.05) is 73.9 Å². The summed E-state index contributed by atoms with van der Waals surface area (Å²) in [5, 5.41) is 12.4. The minimum atomic E-state index is -0.495. The molecule has 0 saturated carbocycles. The van der Waals surface area contributed by atoms with E-state index in [-0.39, 0.29) is 24.7 Å². The van der Waals surface area contributed by atoms with Gasteiger partial charge < -0.3 is 24.8 Å². The van der Waals surface area contributed by atoms with Crippen LogP contribution in [0.5, 0.6) is 0 Å². The van der Waals surface area contributed by atoms with Crippen molar-refractivity contribution in [1.82, 2.24) is 4.90 Å². The molecule has 0 aromatic heterocycles. The number of nitrogens with one attached hydrogen (secondary N) is 1. The van der Waals surface area contributed by atoms with Crippen molar-refractivity contribution in [1.29, 1.82) is 0 Å². The van der Waals surface area contributed by atoms with Crippen LogP contribution in [0.2, 0.25) is 0 Å². The molecule has 0 unspecified atom stereocenters. The van der Waals surface area contributed by atoms with Crippen molar-refractivity contribution in [2.75, 3.05) is 25.0 Å².